The Morgan fingerprint density at radius 3 is 2.32 bits per heavy atom. The van der Waals surface area contributed by atoms with Gasteiger partial charge in [-0.25, -0.2) is 4.98 Å². The van der Waals surface area contributed by atoms with Gasteiger partial charge >= 0.3 is 6.18 Å². The molecule has 1 N–H and O–H groups in total. The number of aromatic nitrogens is 1. The fourth-order valence-corrected chi connectivity index (χ4v) is 2.38. The van der Waals surface area contributed by atoms with Crippen LogP contribution in [0.5, 0.6) is 0 Å². The molecule has 0 aliphatic carbocycles. The van der Waals surface area contributed by atoms with Crippen LogP contribution in [-0.4, -0.2) is 21.2 Å². The molecule has 9 heteroatoms. The first kappa shape index (κ1) is 16.9. The molecule has 3 rings (SSSR count). The largest absolute Gasteiger partial charge is 0.437 e. The normalized spacial score (nSPS) is 14.4. The Labute approximate surface area is 138 Å². The first-order valence-corrected chi connectivity index (χ1v) is 7.09. The molecule has 0 aliphatic rings. The summed E-state index contributed by atoms with van der Waals surface area (Å²) >= 11 is 0. The molecule has 0 radical (unpaired) electrons. The lowest BCUT2D eigenvalue weighted by atomic mass is 9.93. The van der Waals surface area contributed by atoms with Crippen molar-refractivity contribution in [3.05, 3.63) is 70.1 Å². The van der Waals surface area contributed by atoms with Gasteiger partial charge in [-0.05, 0) is 17.7 Å². The van der Waals surface area contributed by atoms with Gasteiger partial charge < -0.3 is 9.52 Å². The van der Waals surface area contributed by atoms with Crippen LogP contribution in [0, 0.1) is 10.1 Å². The lowest BCUT2D eigenvalue weighted by Gasteiger charge is -2.27. The zero-order valence-corrected chi connectivity index (χ0v) is 12.5. The highest BCUT2D eigenvalue weighted by Gasteiger charge is 2.58. The number of alkyl halides is 3. The number of nitro benzene ring substituents is 1. The van der Waals surface area contributed by atoms with E-state index in [0.717, 1.165) is 24.3 Å². The van der Waals surface area contributed by atoms with Gasteiger partial charge in [-0.2, -0.15) is 13.2 Å². The van der Waals surface area contributed by atoms with Crippen molar-refractivity contribution in [2.24, 2.45) is 0 Å². The van der Waals surface area contributed by atoms with Crippen LogP contribution in [0.2, 0.25) is 0 Å². The third-order valence-electron chi connectivity index (χ3n) is 3.72. The second kappa shape index (κ2) is 5.85. The maximum Gasteiger partial charge on any atom is 0.426 e. The van der Waals surface area contributed by atoms with Crippen LogP contribution >= 0.6 is 0 Å². The second-order valence-electron chi connectivity index (χ2n) is 5.45. The molecule has 0 aliphatic heterocycles. The van der Waals surface area contributed by atoms with Crippen molar-refractivity contribution in [1.29, 1.82) is 0 Å². The Balaban J connectivity index is 2.02. The van der Waals surface area contributed by atoms with Gasteiger partial charge in [-0.3, -0.25) is 10.1 Å². The van der Waals surface area contributed by atoms with Crippen molar-refractivity contribution < 1.29 is 27.6 Å². The number of nitrogens with zero attached hydrogens (tertiary/aromatic N) is 2. The van der Waals surface area contributed by atoms with E-state index < -0.39 is 29.0 Å². The van der Waals surface area contributed by atoms with Crippen LogP contribution in [-0.2, 0) is 12.0 Å². The molecule has 0 saturated heterocycles. The number of rotatable bonds is 4. The van der Waals surface area contributed by atoms with Crippen molar-refractivity contribution >= 4 is 16.8 Å². The fourth-order valence-electron chi connectivity index (χ4n) is 2.38. The molecule has 2 aromatic carbocycles. The minimum Gasteiger partial charge on any atom is -0.437 e. The van der Waals surface area contributed by atoms with Gasteiger partial charge in [0.25, 0.3) is 5.69 Å². The van der Waals surface area contributed by atoms with Crippen molar-refractivity contribution in [2.45, 2.75) is 18.2 Å². The topological polar surface area (TPSA) is 89.4 Å². The van der Waals surface area contributed by atoms with Crippen molar-refractivity contribution in [1.82, 2.24) is 4.98 Å². The lowest BCUT2D eigenvalue weighted by Crippen LogP contribution is -2.44. The number of fused-ring (bicyclic) bond motifs is 1. The van der Waals surface area contributed by atoms with E-state index in [1.807, 2.05) is 0 Å². The highest BCUT2D eigenvalue weighted by atomic mass is 19.4. The molecule has 0 saturated carbocycles. The third kappa shape index (κ3) is 3.05. The van der Waals surface area contributed by atoms with Crippen LogP contribution in [0.25, 0.3) is 11.1 Å². The predicted octanol–water partition coefficient (Wildman–Crippen LogP) is 3.73. The number of hydrogen-bond acceptors (Lipinski definition) is 5. The van der Waals surface area contributed by atoms with E-state index in [1.165, 1.54) is 12.1 Å². The van der Waals surface area contributed by atoms with E-state index in [-0.39, 0.29) is 22.4 Å². The van der Waals surface area contributed by atoms with Crippen LogP contribution in [0.15, 0.2) is 52.9 Å². The summed E-state index contributed by atoms with van der Waals surface area (Å²) in [4.78, 5) is 13.7. The molecule has 0 fully saturated rings. The van der Waals surface area contributed by atoms with Gasteiger partial charge in [0, 0.05) is 18.6 Å². The summed E-state index contributed by atoms with van der Waals surface area (Å²) in [7, 11) is 0. The summed E-state index contributed by atoms with van der Waals surface area (Å²) in [6, 6.07) is 10.5. The minimum atomic E-state index is -5.06. The Kier molecular flexibility index (Phi) is 3.96. The summed E-state index contributed by atoms with van der Waals surface area (Å²) < 4.78 is 45.8. The molecule has 0 spiro atoms. The lowest BCUT2D eigenvalue weighted by molar-refractivity contribution is -0.384. The molecular formula is C16H11F3N2O4. The molecule has 25 heavy (non-hydrogen) atoms. The summed E-state index contributed by atoms with van der Waals surface area (Å²) in [6.45, 7) is 0. The summed E-state index contributed by atoms with van der Waals surface area (Å²) in [6.07, 6.45) is -5.95. The minimum absolute atomic E-state index is 0.0488. The quantitative estimate of drug-likeness (QED) is 0.571. The van der Waals surface area contributed by atoms with Crippen LogP contribution in [0.3, 0.4) is 0 Å². The third-order valence-corrected chi connectivity index (χ3v) is 3.72. The molecular weight excluding hydrogens is 341 g/mol. The zero-order valence-electron chi connectivity index (χ0n) is 12.5. The molecule has 1 aromatic heterocycles. The SMILES string of the molecule is O=[N+]([O-])c1ccc(C[C@@](O)(c2nc3ccccc3o2)C(F)(F)F)cc1. The van der Waals surface area contributed by atoms with Crippen LogP contribution in [0.1, 0.15) is 11.5 Å². The maximum atomic E-state index is 13.6. The van der Waals surface area contributed by atoms with Gasteiger partial charge in [0.2, 0.25) is 11.5 Å². The van der Waals surface area contributed by atoms with Crippen molar-refractivity contribution in [3.8, 4) is 0 Å². The van der Waals surface area contributed by atoms with E-state index in [0.29, 0.717) is 0 Å². The Bertz CT molecular complexity index is 888. The van der Waals surface area contributed by atoms with E-state index in [9.17, 15) is 28.4 Å². The van der Waals surface area contributed by atoms with Crippen molar-refractivity contribution in [3.63, 3.8) is 0 Å². The first-order valence-electron chi connectivity index (χ1n) is 7.09. The monoisotopic (exact) mass is 352 g/mol. The standard InChI is InChI=1S/C16H11F3N2O4/c17-16(18,19)15(22,9-10-5-7-11(8-6-10)21(23)24)14-20-12-3-1-2-4-13(12)25-14/h1-8,22H,9H2/t15-/m1/s1. The maximum absolute atomic E-state index is 13.6. The predicted molar refractivity (Wildman–Crippen MR) is 80.8 cm³/mol. The van der Waals surface area contributed by atoms with Gasteiger partial charge in [0.1, 0.15) is 5.52 Å². The molecule has 130 valence electrons. The van der Waals surface area contributed by atoms with Crippen LogP contribution in [0.4, 0.5) is 18.9 Å². The van der Waals surface area contributed by atoms with Gasteiger partial charge in [0.15, 0.2) is 5.58 Å². The van der Waals surface area contributed by atoms with E-state index in [1.54, 1.807) is 12.1 Å². The highest BCUT2D eigenvalue weighted by Crippen LogP contribution is 2.42. The van der Waals surface area contributed by atoms with Gasteiger partial charge in [-0.1, -0.05) is 24.3 Å². The Morgan fingerprint density at radius 2 is 1.76 bits per heavy atom. The van der Waals surface area contributed by atoms with E-state index in [2.05, 4.69) is 4.98 Å². The number of aliphatic hydroxyl groups is 1. The van der Waals surface area contributed by atoms with Crippen molar-refractivity contribution in [2.75, 3.05) is 0 Å². The molecule has 6 nitrogen and oxygen atoms in total. The second-order valence-corrected chi connectivity index (χ2v) is 5.45. The summed E-state index contributed by atoms with van der Waals surface area (Å²) in [5.74, 6) is -0.875. The number of nitro groups is 1. The summed E-state index contributed by atoms with van der Waals surface area (Å²) in [5, 5.41) is 21.0. The number of hydrogen-bond donors (Lipinski definition) is 1. The number of benzene rings is 2. The number of non-ortho nitro benzene ring substituents is 1. The molecule has 3 aromatic rings. The first-order chi connectivity index (χ1) is 11.7. The van der Waals surface area contributed by atoms with E-state index in [4.69, 9.17) is 4.42 Å². The molecule has 0 unspecified atom stereocenters. The molecule has 0 bridgehead atoms. The fraction of sp³-hybridized carbons (Fsp3) is 0.188. The highest BCUT2D eigenvalue weighted by molar-refractivity contribution is 5.72. The smallest absolute Gasteiger partial charge is 0.426 e. The van der Waals surface area contributed by atoms with Crippen LogP contribution < -0.4 is 0 Å². The average Bonchev–Trinajstić information content (AvgIpc) is 2.98. The number of oxazole rings is 1. The number of halogens is 3. The van der Waals surface area contributed by atoms with Gasteiger partial charge in [-0.15, -0.1) is 0 Å². The molecule has 0 amide bonds. The Hall–Kier alpha value is -2.94. The molecule has 1 atom stereocenters. The average molecular weight is 352 g/mol. The van der Waals surface area contributed by atoms with E-state index >= 15 is 0 Å². The van der Waals surface area contributed by atoms with Gasteiger partial charge in [0.05, 0.1) is 4.92 Å². The summed E-state index contributed by atoms with van der Waals surface area (Å²) in [5.41, 5.74) is -3.27. The number of para-hydroxylation sites is 2. The zero-order chi connectivity index (χ0) is 18.2. The molecule has 1 heterocycles. The Morgan fingerprint density at radius 1 is 1.12 bits per heavy atom.